The second-order valence-electron chi connectivity index (χ2n) is 6.53. The normalized spacial score (nSPS) is 16.5. The molecule has 10 heteroatoms. The van der Waals surface area contributed by atoms with Crippen molar-refractivity contribution < 1.29 is 13.2 Å². The SMILES string of the molecule is CN=C(NCc1ccc(C)s1)N1CCN(S(=O)(=O)CCOC(C)C)CC1.I. The van der Waals surface area contributed by atoms with Crippen LogP contribution in [0, 0.1) is 6.92 Å². The Bertz CT molecular complexity index is 699. The van der Waals surface area contributed by atoms with Gasteiger partial charge in [0.1, 0.15) is 0 Å². The fourth-order valence-electron chi connectivity index (χ4n) is 2.77. The van der Waals surface area contributed by atoms with E-state index in [4.69, 9.17) is 4.74 Å². The van der Waals surface area contributed by atoms with Crippen LogP contribution in [0.5, 0.6) is 0 Å². The lowest BCUT2D eigenvalue weighted by atomic mass is 10.4. The van der Waals surface area contributed by atoms with Crippen LogP contribution in [-0.4, -0.2) is 75.3 Å². The Hall–Kier alpha value is -0.430. The van der Waals surface area contributed by atoms with Gasteiger partial charge in [0, 0.05) is 43.0 Å². The van der Waals surface area contributed by atoms with Crippen LogP contribution in [0.3, 0.4) is 0 Å². The highest BCUT2D eigenvalue weighted by Crippen LogP contribution is 2.15. The Labute approximate surface area is 184 Å². The molecule has 0 saturated carbocycles. The first-order valence-electron chi connectivity index (χ1n) is 8.92. The van der Waals surface area contributed by atoms with E-state index >= 15 is 0 Å². The molecule has 0 radical (unpaired) electrons. The van der Waals surface area contributed by atoms with Crippen LogP contribution in [0.2, 0.25) is 0 Å². The second kappa shape index (κ2) is 11.5. The molecule has 1 aliphatic rings. The van der Waals surface area contributed by atoms with Gasteiger partial charge in [0.25, 0.3) is 0 Å². The largest absolute Gasteiger partial charge is 0.378 e. The highest BCUT2D eigenvalue weighted by Gasteiger charge is 2.27. The molecule has 0 spiro atoms. The highest BCUT2D eigenvalue weighted by molar-refractivity contribution is 14.0. The summed E-state index contributed by atoms with van der Waals surface area (Å²) in [5, 5.41) is 3.37. The van der Waals surface area contributed by atoms with Crippen LogP contribution in [-0.2, 0) is 21.3 Å². The van der Waals surface area contributed by atoms with Gasteiger partial charge >= 0.3 is 0 Å². The second-order valence-corrected chi connectivity index (χ2v) is 10.00. The first-order chi connectivity index (χ1) is 12.3. The predicted molar refractivity (Wildman–Crippen MR) is 123 cm³/mol. The van der Waals surface area contributed by atoms with Gasteiger partial charge in [-0.15, -0.1) is 35.3 Å². The van der Waals surface area contributed by atoms with Gasteiger partial charge in [-0.05, 0) is 32.9 Å². The van der Waals surface area contributed by atoms with Gasteiger partial charge in [-0.3, -0.25) is 4.99 Å². The van der Waals surface area contributed by atoms with E-state index in [1.54, 1.807) is 22.7 Å². The van der Waals surface area contributed by atoms with Gasteiger partial charge in [0.15, 0.2) is 5.96 Å². The number of hydrogen-bond donors (Lipinski definition) is 1. The molecule has 0 bridgehead atoms. The van der Waals surface area contributed by atoms with Crippen LogP contribution in [0.15, 0.2) is 17.1 Å². The molecule has 1 aliphatic heterocycles. The quantitative estimate of drug-likeness (QED) is 0.332. The number of rotatable bonds is 7. The molecule has 27 heavy (non-hydrogen) atoms. The number of hydrogen-bond acceptors (Lipinski definition) is 5. The molecular formula is C17H31IN4O3S2. The van der Waals surface area contributed by atoms with Crippen LogP contribution in [0.1, 0.15) is 23.6 Å². The Morgan fingerprint density at radius 2 is 1.96 bits per heavy atom. The molecule has 0 atom stereocenters. The average Bonchev–Trinajstić information content (AvgIpc) is 3.01. The number of aryl methyl sites for hydroxylation is 1. The molecule has 2 rings (SSSR count). The van der Waals surface area contributed by atoms with Crippen molar-refractivity contribution >= 4 is 51.3 Å². The zero-order chi connectivity index (χ0) is 19.2. The standard InChI is InChI=1S/C17H30N4O3S2.HI/c1-14(2)24-11-12-26(22,23)21-9-7-20(8-10-21)17(18-4)19-13-16-6-5-15(3)25-16;/h5-6,14H,7-13H2,1-4H3,(H,18,19);1H. The zero-order valence-corrected chi connectivity index (χ0v) is 20.4. The van der Waals surface area contributed by atoms with Crippen molar-refractivity contribution in [3.8, 4) is 0 Å². The van der Waals surface area contributed by atoms with Crippen molar-refractivity contribution in [1.29, 1.82) is 0 Å². The molecule has 0 amide bonds. The van der Waals surface area contributed by atoms with Crippen molar-refractivity contribution in [2.24, 2.45) is 4.99 Å². The van der Waals surface area contributed by atoms with Gasteiger partial charge in [0.05, 0.1) is 25.0 Å². The molecular weight excluding hydrogens is 499 g/mol. The average molecular weight is 530 g/mol. The number of ether oxygens (including phenoxy) is 1. The summed E-state index contributed by atoms with van der Waals surface area (Å²) < 4.78 is 31.8. The van der Waals surface area contributed by atoms with E-state index < -0.39 is 10.0 Å². The summed E-state index contributed by atoms with van der Waals surface area (Å²) in [6, 6.07) is 4.22. The predicted octanol–water partition coefficient (Wildman–Crippen LogP) is 2.12. The Kier molecular flexibility index (Phi) is 10.5. The van der Waals surface area contributed by atoms with Crippen LogP contribution < -0.4 is 5.32 Å². The van der Waals surface area contributed by atoms with Crippen molar-refractivity contribution in [3.63, 3.8) is 0 Å². The molecule has 1 N–H and O–H groups in total. The maximum absolute atomic E-state index is 12.4. The number of piperazine rings is 1. The minimum atomic E-state index is -3.26. The Balaban J connectivity index is 0.00000364. The maximum atomic E-state index is 12.4. The molecule has 1 fully saturated rings. The van der Waals surface area contributed by atoms with E-state index in [0.29, 0.717) is 26.2 Å². The summed E-state index contributed by atoms with van der Waals surface area (Å²) in [5.74, 6) is 0.854. The summed E-state index contributed by atoms with van der Waals surface area (Å²) in [5.41, 5.74) is 0. The van der Waals surface area contributed by atoms with E-state index in [2.05, 4.69) is 34.3 Å². The highest BCUT2D eigenvalue weighted by atomic mass is 127. The van der Waals surface area contributed by atoms with Crippen molar-refractivity contribution in [2.75, 3.05) is 45.6 Å². The number of nitrogens with one attached hydrogen (secondary N) is 1. The fourth-order valence-corrected chi connectivity index (χ4v) is 4.89. The third-order valence-electron chi connectivity index (χ3n) is 4.15. The summed E-state index contributed by atoms with van der Waals surface area (Å²) >= 11 is 1.76. The molecule has 0 aromatic carbocycles. The van der Waals surface area contributed by atoms with Crippen LogP contribution in [0.4, 0.5) is 0 Å². The summed E-state index contributed by atoms with van der Waals surface area (Å²) in [6.45, 7) is 9.09. The number of halogens is 1. The summed E-state index contributed by atoms with van der Waals surface area (Å²) in [7, 11) is -1.51. The minimum Gasteiger partial charge on any atom is -0.378 e. The molecule has 2 heterocycles. The van der Waals surface area contributed by atoms with Crippen molar-refractivity contribution in [1.82, 2.24) is 14.5 Å². The Morgan fingerprint density at radius 1 is 1.30 bits per heavy atom. The minimum absolute atomic E-state index is 0. The van der Waals surface area contributed by atoms with Crippen molar-refractivity contribution in [2.45, 2.75) is 33.4 Å². The third-order valence-corrected chi connectivity index (χ3v) is 6.99. The smallest absolute Gasteiger partial charge is 0.216 e. The topological polar surface area (TPSA) is 74.2 Å². The van der Waals surface area contributed by atoms with Crippen molar-refractivity contribution in [3.05, 3.63) is 21.9 Å². The first kappa shape index (κ1) is 24.6. The van der Waals surface area contributed by atoms with Gasteiger partial charge in [-0.2, -0.15) is 4.31 Å². The van der Waals surface area contributed by atoms with Crippen LogP contribution in [0.25, 0.3) is 0 Å². The fraction of sp³-hybridized carbons (Fsp3) is 0.706. The number of aliphatic imine (C=N–C) groups is 1. The Morgan fingerprint density at radius 3 is 2.48 bits per heavy atom. The van der Waals surface area contributed by atoms with Gasteiger partial charge in [0.2, 0.25) is 10.0 Å². The van der Waals surface area contributed by atoms with E-state index in [1.807, 2.05) is 13.8 Å². The molecule has 1 aromatic heterocycles. The van der Waals surface area contributed by atoms with Gasteiger partial charge in [-0.25, -0.2) is 8.42 Å². The lowest BCUT2D eigenvalue weighted by Gasteiger charge is -2.35. The first-order valence-corrected chi connectivity index (χ1v) is 11.3. The third kappa shape index (κ3) is 7.84. The van der Waals surface area contributed by atoms with E-state index in [9.17, 15) is 8.42 Å². The number of guanidine groups is 1. The summed E-state index contributed by atoms with van der Waals surface area (Å²) in [6.07, 6.45) is 0.0450. The van der Waals surface area contributed by atoms with E-state index in [-0.39, 0.29) is 42.4 Å². The number of thiophene rings is 1. The van der Waals surface area contributed by atoms with E-state index in [0.717, 1.165) is 12.5 Å². The number of sulfonamides is 1. The molecule has 1 saturated heterocycles. The van der Waals surface area contributed by atoms with E-state index in [1.165, 1.54) is 9.75 Å². The monoisotopic (exact) mass is 530 g/mol. The molecule has 0 unspecified atom stereocenters. The maximum Gasteiger partial charge on any atom is 0.216 e. The number of nitrogens with zero attached hydrogens (tertiary/aromatic N) is 3. The molecule has 0 aliphatic carbocycles. The lowest BCUT2D eigenvalue weighted by Crippen LogP contribution is -2.54. The zero-order valence-electron chi connectivity index (χ0n) is 16.5. The summed E-state index contributed by atoms with van der Waals surface area (Å²) in [4.78, 5) is 8.99. The lowest BCUT2D eigenvalue weighted by molar-refractivity contribution is 0.0904. The molecule has 156 valence electrons. The van der Waals surface area contributed by atoms with Gasteiger partial charge in [-0.1, -0.05) is 0 Å². The molecule has 7 nitrogen and oxygen atoms in total. The molecule has 1 aromatic rings. The van der Waals surface area contributed by atoms with Gasteiger partial charge < -0.3 is 15.0 Å². The van der Waals surface area contributed by atoms with Crippen LogP contribution >= 0.6 is 35.3 Å².